The van der Waals surface area contributed by atoms with E-state index >= 15 is 0 Å². The second kappa shape index (κ2) is 7.00. The van der Waals surface area contributed by atoms with Crippen LogP contribution >= 0.6 is 0 Å². The van der Waals surface area contributed by atoms with E-state index in [2.05, 4.69) is 21.3 Å². The first-order chi connectivity index (χ1) is 12.7. The van der Waals surface area contributed by atoms with Crippen LogP contribution in [0.1, 0.15) is 0 Å². The Morgan fingerprint density at radius 3 is 2.69 bits per heavy atom. The third-order valence-electron chi connectivity index (χ3n) is 4.82. The number of aromatic nitrogens is 1. The Morgan fingerprint density at radius 1 is 1.08 bits per heavy atom. The highest BCUT2D eigenvalue weighted by Crippen LogP contribution is 2.24. The quantitative estimate of drug-likeness (QED) is 0.760. The van der Waals surface area contributed by atoms with Crippen molar-refractivity contribution in [2.45, 2.75) is 0 Å². The summed E-state index contributed by atoms with van der Waals surface area (Å²) in [5.41, 5.74) is 2.97. The van der Waals surface area contributed by atoms with Gasteiger partial charge < -0.3 is 24.8 Å². The number of carbonyl (C=O) groups excluding carboxylic acids is 1. The zero-order valence-electron chi connectivity index (χ0n) is 14.7. The normalized spacial score (nSPS) is 14.5. The minimum Gasteiger partial charge on any atom is -0.497 e. The lowest BCUT2D eigenvalue weighted by Gasteiger charge is -2.36. The smallest absolute Gasteiger partial charge is 0.322 e. The average molecular weight is 350 g/mol. The van der Waals surface area contributed by atoms with Crippen molar-refractivity contribution >= 4 is 28.3 Å². The number of benzene rings is 2. The molecule has 1 fully saturated rings. The topological polar surface area (TPSA) is 60.6 Å². The van der Waals surface area contributed by atoms with Gasteiger partial charge in [0.25, 0.3) is 0 Å². The number of rotatable bonds is 3. The SMILES string of the molecule is COc1cccc(N2CCN(C(=O)Nc3c[nH]c4ccccc34)CC2)c1. The number of nitrogens with zero attached hydrogens (tertiary/aromatic N) is 2. The predicted molar refractivity (Wildman–Crippen MR) is 104 cm³/mol. The van der Waals surface area contributed by atoms with E-state index in [0.717, 1.165) is 41.1 Å². The highest BCUT2D eigenvalue weighted by Gasteiger charge is 2.22. The fourth-order valence-electron chi connectivity index (χ4n) is 3.34. The van der Waals surface area contributed by atoms with Crippen molar-refractivity contribution in [1.29, 1.82) is 0 Å². The van der Waals surface area contributed by atoms with E-state index in [1.54, 1.807) is 7.11 Å². The van der Waals surface area contributed by atoms with E-state index in [-0.39, 0.29) is 6.03 Å². The molecule has 0 radical (unpaired) electrons. The van der Waals surface area contributed by atoms with Gasteiger partial charge in [-0.3, -0.25) is 0 Å². The molecular weight excluding hydrogens is 328 g/mol. The zero-order chi connectivity index (χ0) is 17.9. The molecule has 26 heavy (non-hydrogen) atoms. The van der Waals surface area contributed by atoms with Crippen LogP contribution in [0.15, 0.2) is 54.7 Å². The second-order valence-electron chi connectivity index (χ2n) is 6.35. The molecule has 0 saturated carbocycles. The predicted octanol–water partition coefficient (Wildman–Crippen LogP) is 3.53. The number of hydrogen-bond donors (Lipinski definition) is 2. The molecule has 0 atom stereocenters. The molecule has 0 spiro atoms. The van der Waals surface area contributed by atoms with Gasteiger partial charge in [-0.25, -0.2) is 4.79 Å². The Morgan fingerprint density at radius 2 is 1.88 bits per heavy atom. The number of piperazine rings is 1. The summed E-state index contributed by atoms with van der Waals surface area (Å²) in [5.74, 6) is 0.849. The maximum Gasteiger partial charge on any atom is 0.322 e. The molecule has 0 aliphatic carbocycles. The summed E-state index contributed by atoms with van der Waals surface area (Å²) < 4.78 is 5.29. The van der Waals surface area contributed by atoms with Crippen LogP contribution in [0.25, 0.3) is 10.9 Å². The summed E-state index contributed by atoms with van der Waals surface area (Å²) in [5, 5.41) is 4.05. The number of methoxy groups -OCH3 is 1. The van der Waals surface area contributed by atoms with Crippen molar-refractivity contribution in [2.75, 3.05) is 43.5 Å². The Kier molecular flexibility index (Phi) is 4.39. The number of ether oxygens (including phenoxy) is 1. The number of nitrogens with one attached hydrogen (secondary N) is 2. The first-order valence-corrected chi connectivity index (χ1v) is 8.75. The van der Waals surface area contributed by atoms with E-state index in [0.29, 0.717) is 13.1 Å². The third-order valence-corrected chi connectivity index (χ3v) is 4.82. The standard InChI is InChI=1S/C20H22N4O2/c1-26-16-6-4-5-15(13-16)23-9-11-24(12-10-23)20(25)22-19-14-21-18-8-3-2-7-17(18)19/h2-8,13-14,21H,9-12H2,1H3,(H,22,25). The average Bonchev–Trinajstić information content (AvgIpc) is 3.11. The van der Waals surface area contributed by atoms with E-state index in [1.807, 2.05) is 53.6 Å². The van der Waals surface area contributed by atoms with Gasteiger partial charge in [0.15, 0.2) is 0 Å². The minimum absolute atomic E-state index is 0.0555. The molecule has 0 bridgehead atoms. The Hall–Kier alpha value is -3.15. The van der Waals surface area contributed by atoms with Crippen LogP contribution in [-0.2, 0) is 0 Å². The minimum atomic E-state index is -0.0555. The number of hydrogen-bond acceptors (Lipinski definition) is 3. The molecule has 4 rings (SSSR count). The highest BCUT2D eigenvalue weighted by molar-refractivity contribution is 6.01. The number of para-hydroxylation sites is 1. The lowest BCUT2D eigenvalue weighted by atomic mass is 10.2. The van der Waals surface area contributed by atoms with Crippen molar-refractivity contribution < 1.29 is 9.53 Å². The van der Waals surface area contributed by atoms with Gasteiger partial charge >= 0.3 is 6.03 Å². The van der Waals surface area contributed by atoms with Crippen molar-refractivity contribution in [2.24, 2.45) is 0 Å². The van der Waals surface area contributed by atoms with Gasteiger partial charge in [0.2, 0.25) is 0 Å². The molecule has 2 heterocycles. The van der Waals surface area contributed by atoms with E-state index in [4.69, 9.17) is 4.74 Å². The van der Waals surface area contributed by atoms with Crippen LogP contribution < -0.4 is 15.0 Å². The molecule has 1 aliphatic rings. The van der Waals surface area contributed by atoms with Crippen LogP contribution in [0.4, 0.5) is 16.2 Å². The molecule has 1 saturated heterocycles. The lowest BCUT2D eigenvalue weighted by Crippen LogP contribution is -2.50. The summed E-state index contributed by atoms with van der Waals surface area (Å²) in [6.45, 7) is 2.97. The first kappa shape index (κ1) is 16.3. The Labute approximate surface area is 152 Å². The summed E-state index contributed by atoms with van der Waals surface area (Å²) in [6.07, 6.45) is 1.84. The molecule has 3 aromatic rings. The second-order valence-corrected chi connectivity index (χ2v) is 6.35. The van der Waals surface area contributed by atoms with Gasteiger partial charge in [0.05, 0.1) is 12.8 Å². The monoisotopic (exact) mass is 350 g/mol. The number of H-pyrrole nitrogens is 1. The summed E-state index contributed by atoms with van der Waals surface area (Å²) in [6, 6.07) is 15.9. The van der Waals surface area contributed by atoms with Gasteiger partial charge in [-0.05, 0) is 18.2 Å². The summed E-state index contributed by atoms with van der Waals surface area (Å²) in [4.78, 5) is 19.9. The molecule has 0 unspecified atom stereocenters. The van der Waals surface area contributed by atoms with Crippen molar-refractivity contribution in [3.8, 4) is 5.75 Å². The molecule has 2 aromatic carbocycles. The van der Waals surface area contributed by atoms with Gasteiger partial charge in [0, 0.05) is 55.0 Å². The molecule has 6 heteroatoms. The van der Waals surface area contributed by atoms with Gasteiger partial charge in [0.1, 0.15) is 5.75 Å². The number of urea groups is 1. The zero-order valence-corrected chi connectivity index (χ0v) is 14.7. The fourth-order valence-corrected chi connectivity index (χ4v) is 3.34. The first-order valence-electron chi connectivity index (χ1n) is 8.75. The van der Waals surface area contributed by atoms with E-state index < -0.39 is 0 Å². The molecule has 2 N–H and O–H groups in total. The maximum atomic E-state index is 12.6. The summed E-state index contributed by atoms with van der Waals surface area (Å²) >= 11 is 0. The number of amides is 2. The van der Waals surface area contributed by atoms with Crippen LogP contribution in [-0.4, -0.2) is 49.2 Å². The number of carbonyl (C=O) groups is 1. The highest BCUT2D eigenvalue weighted by atomic mass is 16.5. The van der Waals surface area contributed by atoms with Crippen LogP contribution in [0.3, 0.4) is 0 Å². The third kappa shape index (κ3) is 3.18. The largest absolute Gasteiger partial charge is 0.497 e. The molecule has 2 amide bonds. The fraction of sp³-hybridized carbons (Fsp3) is 0.250. The van der Waals surface area contributed by atoms with Crippen molar-refractivity contribution in [3.63, 3.8) is 0 Å². The number of fused-ring (bicyclic) bond motifs is 1. The molecule has 1 aliphatic heterocycles. The van der Waals surface area contributed by atoms with Crippen LogP contribution in [0, 0.1) is 0 Å². The summed E-state index contributed by atoms with van der Waals surface area (Å²) in [7, 11) is 1.67. The van der Waals surface area contributed by atoms with Crippen LogP contribution in [0.2, 0.25) is 0 Å². The maximum absolute atomic E-state index is 12.6. The van der Waals surface area contributed by atoms with Crippen molar-refractivity contribution in [1.82, 2.24) is 9.88 Å². The number of anilines is 2. The molecule has 6 nitrogen and oxygen atoms in total. The van der Waals surface area contributed by atoms with E-state index in [1.165, 1.54) is 0 Å². The number of aromatic amines is 1. The van der Waals surface area contributed by atoms with Crippen LogP contribution in [0.5, 0.6) is 5.75 Å². The molecule has 134 valence electrons. The van der Waals surface area contributed by atoms with E-state index in [9.17, 15) is 4.79 Å². The Bertz CT molecular complexity index is 913. The Balaban J connectivity index is 1.39. The lowest BCUT2D eigenvalue weighted by molar-refractivity contribution is 0.208. The van der Waals surface area contributed by atoms with Gasteiger partial charge in [-0.2, -0.15) is 0 Å². The van der Waals surface area contributed by atoms with Gasteiger partial charge in [-0.15, -0.1) is 0 Å². The van der Waals surface area contributed by atoms with Crippen molar-refractivity contribution in [3.05, 3.63) is 54.7 Å². The molecular formula is C20H22N4O2. The molecule has 1 aromatic heterocycles. The van der Waals surface area contributed by atoms with Gasteiger partial charge in [-0.1, -0.05) is 24.3 Å².